The van der Waals surface area contributed by atoms with Crippen LogP contribution in [0, 0.1) is 5.82 Å². The topological polar surface area (TPSA) is 60.5 Å². The lowest BCUT2D eigenvalue weighted by Gasteiger charge is -2.07. The third kappa shape index (κ3) is 3.04. The molecular weight excluding hydrogens is 367 g/mol. The van der Waals surface area contributed by atoms with Crippen LogP contribution in [0.3, 0.4) is 0 Å². The van der Waals surface area contributed by atoms with Crippen molar-refractivity contribution in [2.45, 2.75) is 0 Å². The van der Waals surface area contributed by atoms with E-state index in [0.717, 1.165) is 11.3 Å². The number of anilines is 1. The first-order chi connectivity index (χ1) is 12.1. The van der Waals surface area contributed by atoms with Crippen LogP contribution in [0.5, 0.6) is 11.5 Å². The predicted molar refractivity (Wildman–Crippen MR) is 93.0 cm³/mol. The lowest BCUT2D eigenvalue weighted by atomic mass is 10.2. The molecule has 2 heterocycles. The number of hydrogen-bond donors (Lipinski definition) is 1. The van der Waals surface area contributed by atoms with Gasteiger partial charge in [-0.3, -0.25) is 4.79 Å². The molecule has 4 rings (SSSR count). The smallest absolute Gasteiger partial charge is 0.267 e. The summed E-state index contributed by atoms with van der Waals surface area (Å²) < 4.78 is 24.3. The highest BCUT2D eigenvalue weighted by atomic mass is 35.5. The van der Waals surface area contributed by atoms with E-state index in [9.17, 15) is 9.18 Å². The average molecular weight is 377 g/mol. The second kappa shape index (κ2) is 6.34. The minimum Gasteiger partial charge on any atom is -0.454 e. The van der Waals surface area contributed by atoms with Crippen molar-refractivity contribution >= 4 is 34.5 Å². The largest absolute Gasteiger partial charge is 0.454 e. The average Bonchev–Trinajstić information content (AvgIpc) is 3.24. The van der Waals surface area contributed by atoms with Crippen LogP contribution < -0.4 is 14.8 Å². The van der Waals surface area contributed by atoms with Crippen LogP contribution in [-0.2, 0) is 0 Å². The summed E-state index contributed by atoms with van der Waals surface area (Å²) >= 11 is 7.25. The molecule has 0 aliphatic carbocycles. The molecule has 0 bridgehead atoms. The summed E-state index contributed by atoms with van der Waals surface area (Å²) in [6.45, 7) is 0.115. The summed E-state index contributed by atoms with van der Waals surface area (Å²) in [6.07, 6.45) is 1.41. The van der Waals surface area contributed by atoms with E-state index in [-0.39, 0.29) is 18.5 Å². The zero-order chi connectivity index (χ0) is 17.4. The van der Waals surface area contributed by atoms with Crippen molar-refractivity contribution in [3.8, 4) is 22.1 Å². The highest BCUT2D eigenvalue weighted by Crippen LogP contribution is 2.39. The van der Waals surface area contributed by atoms with Gasteiger partial charge >= 0.3 is 0 Å². The number of hydrogen-bond acceptors (Lipinski definition) is 5. The van der Waals surface area contributed by atoms with Crippen molar-refractivity contribution < 1.29 is 18.7 Å². The maximum absolute atomic E-state index is 13.8. The van der Waals surface area contributed by atoms with Gasteiger partial charge in [0.2, 0.25) is 6.79 Å². The SMILES string of the molecule is O=C(Nc1cc2c(cc1Cl)OCO2)c1cnc(-c2ccccc2F)s1. The quantitative estimate of drug-likeness (QED) is 0.726. The molecule has 3 aromatic rings. The van der Waals surface area contributed by atoms with E-state index >= 15 is 0 Å². The van der Waals surface area contributed by atoms with Crippen molar-refractivity contribution in [3.63, 3.8) is 0 Å². The minimum atomic E-state index is -0.388. The second-order valence-electron chi connectivity index (χ2n) is 5.15. The van der Waals surface area contributed by atoms with Gasteiger partial charge in [0.15, 0.2) is 11.5 Å². The van der Waals surface area contributed by atoms with Crippen molar-refractivity contribution in [2.75, 3.05) is 12.1 Å². The molecule has 1 amide bonds. The second-order valence-corrected chi connectivity index (χ2v) is 6.59. The van der Waals surface area contributed by atoms with E-state index < -0.39 is 0 Å². The molecule has 1 N–H and O–H groups in total. The van der Waals surface area contributed by atoms with E-state index in [4.69, 9.17) is 21.1 Å². The normalized spacial score (nSPS) is 12.2. The van der Waals surface area contributed by atoms with Crippen molar-refractivity contribution in [1.82, 2.24) is 4.98 Å². The highest BCUT2D eigenvalue weighted by Gasteiger charge is 2.19. The number of rotatable bonds is 3. The summed E-state index contributed by atoms with van der Waals surface area (Å²) in [5.41, 5.74) is 0.754. The summed E-state index contributed by atoms with van der Waals surface area (Å²) in [5, 5.41) is 3.47. The molecule has 2 aromatic carbocycles. The van der Waals surface area contributed by atoms with Crippen LogP contribution in [0.25, 0.3) is 10.6 Å². The van der Waals surface area contributed by atoms with E-state index in [0.29, 0.717) is 37.7 Å². The Morgan fingerprint density at radius 3 is 2.80 bits per heavy atom. The molecule has 5 nitrogen and oxygen atoms in total. The first kappa shape index (κ1) is 15.9. The first-order valence-electron chi connectivity index (χ1n) is 7.23. The van der Waals surface area contributed by atoms with Gasteiger partial charge in [0.05, 0.1) is 16.9 Å². The summed E-state index contributed by atoms with van der Waals surface area (Å²) in [6, 6.07) is 9.46. The number of ether oxygens (including phenoxy) is 2. The number of halogens is 2. The van der Waals surface area contributed by atoms with Crippen molar-refractivity contribution in [2.24, 2.45) is 0 Å². The maximum Gasteiger partial charge on any atom is 0.267 e. The number of carbonyl (C=O) groups is 1. The van der Waals surface area contributed by atoms with Crippen LogP contribution in [0.4, 0.5) is 10.1 Å². The number of amides is 1. The first-order valence-corrected chi connectivity index (χ1v) is 8.42. The molecule has 0 unspecified atom stereocenters. The molecular formula is C17H10ClFN2O3S. The summed E-state index contributed by atoms with van der Waals surface area (Å²) in [4.78, 5) is 16.9. The lowest BCUT2D eigenvalue weighted by Crippen LogP contribution is -2.10. The third-order valence-corrected chi connectivity index (χ3v) is 4.89. The fraction of sp³-hybridized carbons (Fsp3) is 0.0588. The molecule has 1 aliphatic rings. The molecule has 0 saturated carbocycles. The van der Waals surface area contributed by atoms with E-state index in [1.54, 1.807) is 30.3 Å². The Morgan fingerprint density at radius 2 is 2.00 bits per heavy atom. The number of nitrogens with one attached hydrogen (secondary N) is 1. The monoisotopic (exact) mass is 376 g/mol. The molecule has 0 saturated heterocycles. The van der Waals surface area contributed by atoms with Crippen LogP contribution in [0.2, 0.25) is 5.02 Å². The van der Waals surface area contributed by atoms with E-state index in [1.165, 1.54) is 12.3 Å². The van der Waals surface area contributed by atoms with Gasteiger partial charge in [0, 0.05) is 17.7 Å². The Labute approximate surface area is 151 Å². The summed E-state index contributed by atoms with van der Waals surface area (Å²) in [5.74, 6) is 0.266. The lowest BCUT2D eigenvalue weighted by molar-refractivity contribution is 0.103. The minimum absolute atomic E-state index is 0.115. The Balaban J connectivity index is 1.58. The van der Waals surface area contributed by atoms with Crippen molar-refractivity contribution in [3.05, 3.63) is 58.3 Å². The Hall–Kier alpha value is -2.64. The number of aromatic nitrogens is 1. The van der Waals surface area contributed by atoms with Crippen LogP contribution in [0.1, 0.15) is 9.67 Å². The van der Waals surface area contributed by atoms with Gasteiger partial charge in [-0.1, -0.05) is 23.7 Å². The highest BCUT2D eigenvalue weighted by molar-refractivity contribution is 7.17. The molecule has 0 fully saturated rings. The van der Waals surface area contributed by atoms with Crippen LogP contribution >= 0.6 is 22.9 Å². The number of carbonyl (C=O) groups excluding carboxylic acids is 1. The molecule has 0 atom stereocenters. The molecule has 1 aromatic heterocycles. The Bertz CT molecular complexity index is 976. The molecule has 8 heteroatoms. The number of benzene rings is 2. The molecule has 0 spiro atoms. The molecule has 126 valence electrons. The zero-order valence-electron chi connectivity index (χ0n) is 12.6. The Kier molecular flexibility index (Phi) is 4.03. The fourth-order valence-corrected chi connectivity index (χ4v) is 3.37. The van der Waals surface area contributed by atoms with Crippen LogP contribution in [0.15, 0.2) is 42.6 Å². The van der Waals surface area contributed by atoms with Gasteiger partial charge in [-0.15, -0.1) is 11.3 Å². The standard InChI is InChI=1S/C17H10ClFN2O3S/c18-10-5-13-14(24-8-23-13)6-12(10)21-16(22)15-7-20-17(25-15)9-3-1-2-4-11(9)19/h1-7H,8H2,(H,21,22). The van der Waals surface area contributed by atoms with Gasteiger partial charge in [-0.05, 0) is 12.1 Å². The van der Waals surface area contributed by atoms with E-state index in [2.05, 4.69) is 10.3 Å². The Morgan fingerprint density at radius 1 is 1.24 bits per heavy atom. The molecule has 0 radical (unpaired) electrons. The molecule has 1 aliphatic heterocycles. The van der Waals surface area contributed by atoms with Crippen LogP contribution in [-0.4, -0.2) is 17.7 Å². The van der Waals surface area contributed by atoms with E-state index in [1.807, 2.05) is 0 Å². The third-order valence-electron chi connectivity index (χ3n) is 3.54. The number of nitrogens with zero attached hydrogens (tertiary/aromatic N) is 1. The van der Waals surface area contributed by atoms with Crippen molar-refractivity contribution in [1.29, 1.82) is 0 Å². The van der Waals surface area contributed by atoms with Gasteiger partial charge in [-0.2, -0.15) is 0 Å². The summed E-state index contributed by atoms with van der Waals surface area (Å²) in [7, 11) is 0. The van der Waals surface area contributed by atoms with Gasteiger partial charge in [0.1, 0.15) is 15.7 Å². The number of thiazole rings is 1. The molecule has 25 heavy (non-hydrogen) atoms. The fourth-order valence-electron chi connectivity index (χ4n) is 2.34. The predicted octanol–water partition coefficient (Wildman–Crippen LogP) is 4.58. The van der Waals surface area contributed by atoms with Gasteiger partial charge in [0.25, 0.3) is 5.91 Å². The van der Waals surface area contributed by atoms with Gasteiger partial charge in [-0.25, -0.2) is 9.37 Å². The zero-order valence-corrected chi connectivity index (χ0v) is 14.2. The number of fused-ring (bicyclic) bond motifs is 1. The maximum atomic E-state index is 13.8. The van der Waals surface area contributed by atoms with Gasteiger partial charge < -0.3 is 14.8 Å².